The molecular formula is C17H12F3N3O2. The van der Waals surface area contributed by atoms with Crippen LogP contribution in [-0.2, 0) is 6.18 Å². The molecule has 0 unspecified atom stereocenters. The lowest BCUT2D eigenvalue weighted by Crippen LogP contribution is -2.11. The molecule has 25 heavy (non-hydrogen) atoms. The van der Waals surface area contributed by atoms with Gasteiger partial charge in [0.05, 0.1) is 24.6 Å². The van der Waals surface area contributed by atoms with Crippen molar-refractivity contribution >= 4 is 5.78 Å². The zero-order chi connectivity index (χ0) is 18.0. The third kappa shape index (κ3) is 3.37. The Balaban J connectivity index is 1.92. The van der Waals surface area contributed by atoms with Crippen LogP contribution in [0.2, 0.25) is 0 Å². The predicted molar refractivity (Wildman–Crippen MR) is 82.8 cm³/mol. The highest BCUT2D eigenvalue weighted by atomic mass is 19.4. The van der Waals surface area contributed by atoms with Crippen LogP contribution in [0, 0.1) is 0 Å². The van der Waals surface area contributed by atoms with Gasteiger partial charge in [-0.3, -0.25) is 4.79 Å². The van der Waals surface area contributed by atoms with E-state index in [-0.39, 0.29) is 11.3 Å². The number of carbonyl (C=O) groups excluding carboxylic acids is 1. The number of ether oxygens (including phenoxy) is 1. The number of hydrogen-bond acceptors (Lipinski definition) is 4. The van der Waals surface area contributed by atoms with Gasteiger partial charge in [-0.15, -0.1) is 5.10 Å². The van der Waals surface area contributed by atoms with Crippen molar-refractivity contribution < 1.29 is 22.7 Å². The van der Waals surface area contributed by atoms with Crippen LogP contribution in [0.3, 0.4) is 0 Å². The zero-order valence-corrected chi connectivity index (χ0v) is 13.0. The maximum atomic E-state index is 12.6. The van der Waals surface area contributed by atoms with Crippen LogP contribution in [0.5, 0.6) is 5.75 Å². The molecule has 0 saturated carbocycles. The van der Waals surface area contributed by atoms with Crippen molar-refractivity contribution in [2.75, 3.05) is 7.11 Å². The molecule has 3 aromatic rings. The summed E-state index contributed by atoms with van der Waals surface area (Å²) in [5.41, 5.74) is 0.0226. The first-order chi connectivity index (χ1) is 11.9. The summed E-state index contributed by atoms with van der Waals surface area (Å²) >= 11 is 0. The second-order valence-electron chi connectivity index (χ2n) is 5.13. The molecule has 0 aliphatic rings. The van der Waals surface area contributed by atoms with Crippen molar-refractivity contribution in [3.8, 4) is 11.4 Å². The van der Waals surface area contributed by atoms with Crippen molar-refractivity contribution in [2.45, 2.75) is 6.18 Å². The summed E-state index contributed by atoms with van der Waals surface area (Å²) in [5.74, 6) is 0.161. The maximum Gasteiger partial charge on any atom is 0.416 e. The first-order valence-corrected chi connectivity index (χ1v) is 7.17. The number of hydrogen-bond donors (Lipinski definition) is 0. The van der Waals surface area contributed by atoms with Gasteiger partial charge in [-0.05, 0) is 36.4 Å². The molecule has 0 saturated heterocycles. The Bertz CT molecular complexity index is 885. The summed E-state index contributed by atoms with van der Waals surface area (Å²) in [6.07, 6.45) is -3.18. The van der Waals surface area contributed by atoms with Gasteiger partial charge in [0.2, 0.25) is 5.78 Å². The van der Waals surface area contributed by atoms with Gasteiger partial charge in [0.15, 0.2) is 0 Å². The van der Waals surface area contributed by atoms with E-state index in [9.17, 15) is 18.0 Å². The second kappa shape index (κ2) is 6.39. The van der Waals surface area contributed by atoms with E-state index >= 15 is 0 Å². The lowest BCUT2D eigenvalue weighted by atomic mass is 10.1. The number of methoxy groups -OCH3 is 1. The van der Waals surface area contributed by atoms with Crippen LogP contribution in [-0.4, -0.2) is 27.9 Å². The van der Waals surface area contributed by atoms with Crippen molar-refractivity contribution in [2.24, 2.45) is 0 Å². The third-order valence-electron chi connectivity index (χ3n) is 3.57. The monoisotopic (exact) mass is 347 g/mol. The normalized spacial score (nSPS) is 11.4. The van der Waals surface area contributed by atoms with Gasteiger partial charge in [-0.2, -0.15) is 13.2 Å². The fraction of sp³-hybridized carbons (Fsp3) is 0.118. The zero-order valence-electron chi connectivity index (χ0n) is 13.0. The lowest BCUT2D eigenvalue weighted by Gasteiger charge is -2.08. The average Bonchev–Trinajstić information content (AvgIpc) is 3.10. The Hall–Kier alpha value is -3.16. The van der Waals surface area contributed by atoms with E-state index in [2.05, 4.69) is 10.3 Å². The van der Waals surface area contributed by atoms with Crippen LogP contribution in [0.1, 0.15) is 21.6 Å². The van der Waals surface area contributed by atoms with Gasteiger partial charge in [0, 0.05) is 5.56 Å². The van der Waals surface area contributed by atoms with Crippen LogP contribution in [0.4, 0.5) is 13.2 Å². The largest absolute Gasteiger partial charge is 0.497 e. The van der Waals surface area contributed by atoms with Gasteiger partial charge in [-0.1, -0.05) is 17.3 Å². The molecule has 0 aliphatic heterocycles. The van der Waals surface area contributed by atoms with Crippen molar-refractivity contribution in [1.82, 2.24) is 15.0 Å². The van der Waals surface area contributed by atoms with Crippen molar-refractivity contribution in [3.05, 3.63) is 71.5 Å². The summed E-state index contributed by atoms with van der Waals surface area (Å²) in [6, 6.07) is 10.8. The van der Waals surface area contributed by atoms with E-state index < -0.39 is 17.5 Å². The Kier molecular flexibility index (Phi) is 4.26. The Morgan fingerprint density at radius 1 is 1.04 bits per heavy atom. The second-order valence-corrected chi connectivity index (χ2v) is 5.13. The molecule has 3 rings (SSSR count). The van der Waals surface area contributed by atoms with E-state index in [1.54, 1.807) is 24.3 Å². The molecular weight excluding hydrogens is 335 g/mol. The molecule has 0 aliphatic carbocycles. The van der Waals surface area contributed by atoms with Crippen molar-refractivity contribution in [3.63, 3.8) is 0 Å². The van der Waals surface area contributed by atoms with E-state index in [0.717, 1.165) is 24.3 Å². The van der Waals surface area contributed by atoms with Gasteiger partial charge >= 0.3 is 6.18 Å². The molecule has 0 bridgehead atoms. The summed E-state index contributed by atoms with van der Waals surface area (Å²) in [4.78, 5) is 12.6. The standard InChI is InChI=1S/C17H12F3N3O2/c1-25-14-8-6-13(7-9-14)23-15(10-21-22-23)16(24)11-2-4-12(5-3-11)17(18,19)20/h2-10H,1H3. The highest BCUT2D eigenvalue weighted by Gasteiger charge is 2.30. The van der Waals surface area contributed by atoms with Gasteiger partial charge in [0.25, 0.3) is 0 Å². The number of nitrogens with zero attached hydrogens (tertiary/aromatic N) is 3. The fourth-order valence-electron chi connectivity index (χ4n) is 2.26. The van der Waals surface area contributed by atoms with E-state index in [1.165, 1.54) is 18.0 Å². The van der Waals surface area contributed by atoms with Gasteiger partial charge in [0.1, 0.15) is 11.4 Å². The van der Waals surface area contributed by atoms with E-state index in [0.29, 0.717) is 11.4 Å². The molecule has 0 fully saturated rings. The van der Waals surface area contributed by atoms with Crippen molar-refractivity contribution in [1.29, 1.82) is 0 Å². The molecule has 5 nitrogen and oxygen atoms in total. The van der Waals surface area contributed by atoms with Gasteiger partial charge in [-0.25, -0.2) is 4.68 Å². The molecule has 2 aromatic carbocycles. The molecule has 0 atom stereocenters. The SMILES string of the molecule is COc1ccc(-n2nncc2C(=O)c2ccc(C(F)(F)F)cc2)cc1. The van der Waals surface area contributed by atoms with E-state index in [1.807, 2.05) is 0 Å². The average molecular weight is 347 g/mol. The number of ketones is 1. The molecule has 0 amide bonds. The van der Waals surface area contributed by atoms with Crippen LogP contribution < -0.4 is 4.74 Å². The molecule has 0 spiro atoms. The van der Waals surface area contributed by atoms with E-state index in [4.69, 9.17) is 4.74 Å². The highest BCUT2D eigenvalue weighted by Crippen LogP contribution is 2.29. The minimum Gasteiger partial charge on any atom is -0.497 e. The number of alkyl halides is 3. The number of aromatic nitrogens is 3. The Labute approximate surface area is 140 Å². The summed E-state index contributed by atoms with van der Waals surface area (Å²) in [7, 11) is 1.53. The summed E-state index contributed by atoms with van der Waals surface area (Å²) in [6.45, 7) is 0. The lowest BCUT2D eigenvalue weighted by molar-refractivity contribution is -0.137. The summed E-state index contributed by atoms with van der Waals surface area (Å²) in [5, 5.41) is 7.60. The Morgan fingerprint density at radius 2 is 1.68 bits per heavy atom. The molecule has 0 radical (unpaired) electrons. The predicted octanol–water partition coefficient (Wildman–Crippen LogP) is 3.53. The highest BCUT2D eigenvalue weighted by molar-refractivity contribution is 6.08. The first-order valence-electron chi connectivity index (χ1n) is 7.17. The number of halogens is 3. The number of benzene rings is 2. The summed E-state index contributed by atoms with van der Waals surface area (Å²) < 4.78 is 44.3. The smallest absolute Gasteiger partial charge is 0.416 e. The third-order valence-corrected chi connectivity index (χ3v) is 3.57. The molecule has 8 heteroatoms. The van der Waals surface area contributed by atoms with Crippen LogP contribution in [0.25, 0.3) is 5.69 Å². The van der Waals surface area contributed by atoms with Crippen LogP contribution in [0.15, 0.2) is 54.7 Å². The Morgan fingerprint density at radius 3 is 2.24 bits per heavy atom. The number of carbonyl (C=O) groups is 1. The molecule has 128 valence electrons. The minimum absolute atomic E-state index is 0.116. The van der Waals surface area contributed by atoms with Crippen LogP contribution >= 0.6 is 0 Å². The fourth-order valence-corrected chi connectivity index (χ4v) is 2.26. The molecule has 0 N–H and O–H groups in total. The molecule has 1 aromatic heterocycles. The van der Waals surface area contributed by atoms with Gasteiger partial charge < -0.3 is 4.74 Å². The minimum atomic E-state index is -4.45. The number of rotatable bonds is 4. The quantitative estimate of drug-likeness (QED) is 0.678. The topological polar surface area (TPSA) is 57.0 Å². The first kappa shape index (κ1) is 16.7. The maximum absolute atomic E-state index is 12.6. The molecule has 1 heterocycles.